The van der Waals surface area contributed by atoms with Crippen molar-refractivity contribution in [1.29, 1.82) is 0 Å². The van der Waals surface area contributed by atoms with Crippen LogP contribution in [0.2, 0.25) is 0 Å². The number of benzene rings is 3. The molecule has 0 amide bonds. The summed E-state index contributed by atoms with van der Waals surface area (Å²) in [6.45, 7) is 2.06. The van der Waals surface area contributed by atoms with Gasteiger partial charge < -0.3 is 0 Å². The second-order valence-corrected chi connectivity index (χ2v) is 7.25. The molecule has 0 bridgehead atoms. The summed E-state index contributed by atoms with van der Waals surface area (Å²) < 4.78 is 4.29. The average molecular weight is 374 g/mol. The number of hydrogen-bond acceptors (Lipinski definition) is 2. The van der Waals surface area contributed by atoms with E-state index in [9.17, 15) is 0 Å². The zero-order valence-corrected chi connectivity index (χ0v) is 15.9. The van der Waals surface area contributed by atoms with Gasteiger partial charge in [-0.15, -0.1) is 0 Å². The molecule has 0 aliphatic rings. The number of imidazole rings is 1. The highest BCUT2D eigenvalue weighted by molar-refractivity contribution is 6.01. The fraction of sp³-hybridized carbons (Fsp3) is 0.0400. The zero-order valence-electron chi connectivity index (χ0n) is 15.9. The quantitative estimate of drug-likeness (QED) is 0.384. The van der Waals surface area contributed by atoms with Gasteiger partial charge in [0.2, 0.25) is 0 Å². The average Bonchev–Trinajstić information content (AvgIpc) is 3.32. The Kier molecular flexibility index (Phi) is 3.35. The van der Waals surface area contributed by atoms with Crippen molar-refractivity contribution < 1.29 is 0 Å². The minimum absolute atomic E-state index is 0.947. The Balaban J connectivity index is 1.83. The minimum atomic E-state index is 0.947. The van der Waals surface area contributed by atoms with Gasteiger partial charge in [-0.2, -0.15) is 5.10 Å². The van der Waals surface area contributed by atoms with Crippen LogP contribution in [0.5, 0.6) is 0 Å². The molecule has 3 aromatic heterocycles. The third-order valence-electron chi connectivity index (χ3n) is 5.47. The Morgan fingerprint density at radius 2 is 1.41 bits per heavy atom. The summed E-state index contributed by atoms with van der Waals surface area (Å²) >= 11 is 0. The minimum Gasteiger partial charge on any atom is -0.292 e. The highest BCUT2D eigenvalue weighted by atomic mass is 15.3. The van der Waals surface area contributed by atoms with Crippen molar-refractivity contribution in [1.82, 2.24) is 19.2 Å². The molecule has 0 saturated carbocycles. The van der Waals surface area contributed by atoms with E-state index in [0.29, 0.717) is 0 Å². The molecule has 0 radical (unpaired) electrons. The van der Waals surface area contributed by atoms with Gasteiger partial charge in [0, 0.05) is 0 Å². The van der Waals surface area contributed by atoms with Gasteiger partial charge in [0.1, 0.15) is 5.65 Å². The van der Waals surface area contributed by atoms with E-state index in [1.807, 2.05) is 35.0 Å². The third kappa shape index (κ3) is 2.32. The van der Waals surface area contributed by atoms with E-state index in [1.54, 1.807) is 0 Å². The largest absolute Gasteiger partial charge is 0.292 e. The fourth-order valence-corrected chi connectivity index (χ4v) is 4.17. The number of hydrogen-bond donors (Lipinski definition) is 0. The summed E-state index contributed by atoms with van der Waals surface area (Å²) in [5.41, 5.74) is 8.39. The van der Waals surface area contributed by atoms with Crippen molar-refractivity contribution in [3.63, 3.8) is 0 Å². The number of aryl methyl sites for hydroxylation is 1. The molecule has 4 heteroatoms. The topological polar surface area (TPSA) is 35.1 Å². The first-order chi connectivity index (χ1) is 14.3. The van der Waals surface area contributed by atoms with Gasteiger partial charge >= 0.3 is 0 Å². The van der Waals surface area contributed by atoms with E-state index < -0.39 is 0 Å². The van der Waals surface area contributed by atoms with Crippen LogP contribution in [0.4, 0.5) is 0 Å². The maximum absolute atomic E-state index is 5.01. The lowest BCUT2D eigenvalue weighted by atomic mass is 10.1. The fourth-order valence-electron chi connectivity index (χ4n) is 4.17. The number of nitrogens with zero attached hydrogens (tertiary/aromatic N) is 4. The highest BCUT2D eigenvalue weighted by Crippen LogP contribution is 2.34. The Morgan fingerprint density at radius 1 is 0.724 bits per heavy atom. The van der Waals surface area contributed by atoms with E-state index in [0.717, 1.165) is 50.2 Å². The number of aromatic nitrogens is 4. The summed E-state index contributed by atoms with van der Waals surface area (Å²) in [6.07, 6.45) is 0. The molecule has 0 aliphatic heterocycles. The highest BCUT2D eigenvalue weighted by Gasteiger charge is 2.19. The monoisotopic (exact) mass is 374 g/mol. The van der Waals surface area contributed by atoms with Crippen molar-refractivity contribution in [2.24, 2.45) is 0 Å². The molecule has 0 unspecified atom stereocenters. The molecule has 138 valence electrons. The molecule has 3 aromatic carbocycles. The van der Waals surface area contributed by atoms with E-state index in [1.165, 1.54) is 0 Å². The normalized spacial score (nSPS) is 11.6. The second-order valence-electron chi connectivity index (χ2n) is 7.25. The van der Waals surface area contributed by atoms with Crippen LogP contribution in [0.15, 0.2) is 91.0 Å². The molecular formula is C25H18N4. The molecule has 3 heterocycles. The zero-order chi connectivity index (χ0) is 19.4. The van der Waals surface area contributed by atoms with Crippen molar-refractivity contribution in [2.45, 2.75) is 6.92 Å². The van der Waals surface area contributed by atoms with Crippen molar-refractivity contribution in [3.05, 3.63) is 96.7 Å². The van der Waals surface area contributed by atoms with Gasteiger partial charge in [0.25, 0.3) is 0 Å². The molecule has 0 N–H and O–H groups in total. The number of rotatable bonds is 2. The number of fused-ring (bicyclic) bond motifs is 5. The molecule has 0 spiro atoms. The third-order valence-corrected chi connectivity index (χ3v) is 5.47. The van der Waals surface area contributed by atoms with Crippen LogP contribution in [0.1, 0.15) is 5.69 Å². The molecule has 4 nitrogen and oxygen atoms in total. The molecule has 0 atom stereocenters. The van der Waals surface area contributed by atoms with Gasteiger partial charge in [-0.1, -0.05) is 60.7 Å². The first-order valence-corrected chi connectivity index (χ1v) is 9.71. The van der Waals surface area contributed by atoms with Gasteiger partial charge in [-0.3, -0.25) is 4.40 Å². The Bertz CT molecular complexity index is 1490. The van der Waals surface area contributed by atoms with Crippen molar-refractivity contribution in [2.75, 3.05) is 0 Å². The maximum Gasteiger partial charge on any atom is 0.149 e. The molecular weight excluding hydrogens is 356 g/mol. The molecule has 6 aromatic rings. The molecule has 0 fully saturated rings. The summed E-state index contributed by atoms with van der Waals surface area (Å²) in [5.74, 6) is 0. The second kappa shape index (κ2) is 6.04. The first-order valence-electron chi connectivity index (χ1n) is 9.71. The SMILES string of the molecule is Cc1nn(-c2ccccc2)c2cc(-c3ccccc3)n3c4ccccc4nc3c12. The molecule has 0 aliphatic carbocycles. The Hall–Kier alpha value is -3.92. The van der Waals surface area contributed by atoms with Gasteiger partial charge in [-0.05, 0) is 42.8 Å². The van der Waals surface area contributed by atoms with Crippen LogP contribution < -0.4 is 0 Å². The lowest BCUT2D eigenvalue weighted by molar-refractivity contribution is 0.889. The number of pyridine rings is 1. The van der Waals surface area contributed by atoms with Crippen LogP contribution in [0, 0.1) is 6.92 Å². The molecule has 0 saturated heterocycles. The van der Waals surface area contributed by atoms with E-state index in [-0.39, 0.29) is 0 Å². The van der Waals surface area contributed by atoms with Crippen LogP contribution in [-0.4, -0.2) is 19.2 Å². The summed E-state index contributed by atoms with van der Waals surface area (Å²) in [6, 6.07) is 31.3. The van der Waals surface area contributed by atoms with E-state index in [4.69, 9.17) is 10.1 Å². The smallest absolute Gasteiger partial charge is 0.149 e. The van der Waals surface area contributed by atoms with Crippen molar-refractivity contribution >= 4 is 27.6 Å². The lowest BCUT2D eigenvalue weighted by Gasteiger charge is -2.10. The predicted molar refractivity (Wildman–Crippen MR) is 117 cm³/mol. The van der Waals surface area contributed by atoms with Crippen LogP contribution in [0.25, 0.3) is 44.5 Å². The Labute approximate surface area is 167 Å². The van der Waals surface area contributed by atoms with Crippen molar-refractivity contribution in [3.8, 4) is 16.9 Å². The Morgan fingerprint density at radius 3 is 2.21 bits per heavy atom. The van der Waals surface area contributed by atoms with Gasteiger partial charge in [0.05, 0.1) is 39.0 Å². The first kappa shape index (κ1) is 16.1. The maximum atomic E-state index is 5.01. The van der Waals surface area contributed by atoms with Gasteiger partial charge in [0.15, 0.2) is 0 Å². The molecule has 6 rings (SSSR count). The van der Waals surface area contributed by atoms with Crippen LogP contribution in [0.3, 0.4) is 0 Å². The molecule has 29 heavy (non-hydrogen) atoms. The standard InChI is InChI=1S/C25H18N4/c1-17-24-23(29(27-17)19-12-6-3-7-13-19)16-22(18-10-4-2-5-11-18)28-21-15-9-8-14-20(21)26-25(24)28/h2-16H,1H3. The lowest BCUT2D eigenvalue weighted by Crippen LogP contribution is -1.98. The predicted octanol–water partition coefficient (Wildman–Crippen LogP) is 5.80. The van der Waals surface area contributed by atoms with Crippen LogP contribution >= 0.6 is 0 Å². The van der Waals surface area contributed by atoms with Crippen LogP contribution in [-0.2, 0) is 0 Å². The summed E-state index contributed by atoms with van der Waals surface area (Å²) in [5, 5.41) is 5.97. The van der Waals surface area contributed by atoms with E-state index in [2.05, 4.69) is 72.0 Å². The van der Waals surface area contributed by atoms with E-state index >= 15 is 0 Å². The van der Waals surface area contributed by atoms with Gasteiger partial charge in [-0.25, -0.2) is 9.67 Å². The summed E-state index contributed by atoms with van der Waals surface area (Å²) in [4.78, 5) is 5.01. The summed E-state index contributed by atoms with van der Waals surface area (Å²) in [7, 11) is 0. The number of para-hydroxylation sites is 3.